The first-order chi connectivity index (χ1) is 10.8. The number of ether oxygens (including phenoxy) is 1. The van der Waals surface area contributed by atoms with Gasteiger partial charge in [-0.05, 0) is 25.3 Å². The minimum atomic E-state index is 0.119. The van der Waals surface area contributed by atoms with Gasteiger partial charge in [0.2, 0.25) is 5.91 Å². The molecule has 0 radical (unpaired) electrons. The Kier molecular flexibility index (Phi) is 5.06. The Labute approximate surface area is 131 Å². The molecule has 1 amide bonds. The Bertz CT molecular complexity index is 538. The van der Waals surface area contributed by atoms with Gasteiger partial charge in [-0.25, -0.2) is 4.98 Å². The molecule has 1 aliphatic heterocycles. The van der Waals surface area contributed by atoms with Crippen molar-refractivity contribution in [2.75, 3.05) is 31.2 Å². The Morgan fingerprint density at radius 2 is 2.23 bits per heavy atom. The molecule has 0 saturated carbocycles. The molecule has 5 heteroatoms. The van der Waals surface area contributed by atoms with Crippen LogP contribution in [0.1, 0.15) is 24.8 Å². The first kappa shape index (κ1) is 15.0. The molecule has 1 aromatic heterocycles. The molecule has 1 fully saturated rings. The highest BCUT2D eigenvalue weighted by atomic mass is 16.5. The van der Waals surface area contributed by atoms with E-state index < -0.39 is 0 Å². The van der Waals surface area contributed by atoms with E-state index in [1.165, 1.54) is 0 Å². The predicted octanol–water partition coefficient (Wildman–Crippen LogP) is 1.89. The molecule has 1 unspecified atom stereocenters. The van der Waals surface area contributed by atoms with Crippen LogP contribution in [0.3, 0.4) is 0 Å². The number of rotatable bonds is 4. The summed E-state index contributed by atoms with van der Waals surface area (Å²) in [7, 11) is 0. The number of anilines is 1. The fourth-order valence-electron chi connectivity index (χ4n) is 2.99. The summed E-state index contributed by atoms with van der Waals surface area (Å²) in [4.78, 5) is 19.0. The van der Waals surface area contributed by atoms with Gasteiger partial charge in [0.15, 0.2) is 0 Å². The van der Waals surface area contributed by atoms with Gasteiger partial charge in [0.25, 0.3) is 0 Å². The highest BCUT2D eigenvalue weighted by molar-refractivity contribution is 5.79. The van der Waals surface area contributed by atoms with Crippen LogP contribution in [0.2, 0.25) is 0 Å². The maximum Gasteiger partial charge on any atom is 0.223 e. The molecule has 1 saturated heterocycles. The molecule has 3 rings (SSSR count). The van der Waals surface area contributed by atoms with Crippen LogP contribution in [0.25, 0.3) is 0 Å². The first-order valence-electron chi connectivity index (χ1n) is 8.04. The monoisotopic (exact) mass is 301 g/mol. The molecule has 1 aromatic rings. The van der Waals surface area contributed by atoms with E-state index in [9.17, 15) is 4.79 Å². The third kappa shape index (κ3) is 3.65. The smallest absolute Gasteiger partial charge is 0.223 e. The molecule has 1 N–H and O–H groups in total. The average molecular weight is 301 g/mol. The van der Waals surface area contributed by atoms with Crippen LogP contribution < -0.4 is 10.2 Å². The van der Waals surface area contributed by atoms with E-state index in [2.05, 4.69) is 27.4 Å². The first-order valence-corrected chi connectivity index (χ1v) is 8.04. The van der Waals surface area contributed by atoms with E-state index in [-0.39, 0.29) is 11.8 Å². The molecule has 118 valence electrons. The summed E-state index contributed by atoms with van der Waals surface area (Å²) < 4.78 is 5.39. The van der Waals surface area contributed by atoms with Crippen molar-refractivity contribution in [3.8, 4) is 0 Å². The highest BCUT2D eigenvalue weighted by Crippen LogP contribution is 2.20. The van der Waals surface area contributed by atoms with Gasteiger partial charge in [0, 0.05) is 37.3 Å². The van der Waals surface area contributed by atoms with Crippen molar-refractivity contribution >= 4 is 11.7 Å². The van der Waals surface area contributed by atoms with Crippen LogP contribution in [0.15, 0.2) is 30.5 Å². The number of nitrogens with one attached hydrogen (secondary N) is 1. The van der Waals surface area contributed by atoms with Gasteiger partial charge in [0.05, 0.1) is 13.2 Å². The van der Waals surface area contributed by atoms with Crippen LogP contribution in [-0.4, -0.2) is 37.2 Å². The van der Waals surface area contributed by atoms with Crippen molar-refractivity contribution in [1.82, 2.24) is 10.3 Å². The van der Waals surface area contributed by atoms with Crippen molar-refractivity contribution in [2.45, 2.75) is 25.8 Å². The fourth-order valence-corrected chi connectivity index (χ4v) is 2.99. The van der Waals surface area contributed by atoms with Crippen molar-refractivity contribution in [2.24, 2.45) is 5.92 Å². The number of aromatic nitrogens is 1. The van der Waals surface area contributed by atoms with Crippen molar-refractivity contribution in [3.05, 3.63) is 36.0 Å². The van der Waals surface area contributed by atoms with Crippen LogP contribution in [0.5, 0.6) is 0 Å². The number of hydrogen-bond donors (Lipinski definition) is 1. The number of nitrogens with zero attached hydrogens (tertiary/aromatic N) is 2. The third-order valence-electron chi connectivity index (χ3n) is 4.27. The Hall–Kier alpha value is -1.88. The fraction of sp³-hybridized carbons (Fsp3) is 0.529. The lowest BCUT2D eigenvalue weighted by molar-refractivity contribution is -0.125. The molecule has 2 heterocycles. The van der Waals surface area contributed by atoms with Gasteiger partial charge in [-0.1, -0.05) is 18.2 Å². The zero-order valence-corrected chi connectivity index (χ0v) is 12.8. The SMILES string of the molecule is O=C(NCc1cccnc1N1CCOCC1)C1CC=CCC1. The Morgan fingerprint density at radius 3 is 3.00 bits per heavy atom. The highest BCUT2D eigenvalue weighted by Gasteiger charge is 2.20. The van der Waals surface area contributed by atoms with Gasteiger partial charge in [-0.2, -0.15) is 0 Å². The van der Waals surface area contributed by atoms with Gasteiger partial charge < -0.3 is 15.0 Å². The molecule has 1 aliphatic carbocycles. The number of amides is 1. The van der Waals surface area contributed by atoms with Crippen LogP contribution in [0.4, 0.5) is 5.82 Å². The van der Waals surface area contributed by atoms with Gasteiger partial charge >= 0.3 is 0 Å². The van der Waals surface area contributed by atoms with Crippen molar-refractivity contribution in [3.63, 3.8) is 0 Å². The number of hydrogen-bond acceptors (Lipinski definition) is 4. The summed E-state index contributed by atoms with van der Waals surface area (Å²) in [6.07, 6.45) is 8.88. The van der Waals surface area contributed by atoms with Gasteiger partial charge in [0.1, 0.15) is 5.82 Å². The number of allylic oxidation sites excluding steroid dienone is 2. The quantitative estimate of drug-likeness (QED) is 0.863. The van der Waals surface area contributed by atoms with Crippen LogP contribution >= 0.6 is 0 Å². The van der Waals surface area contributed by atoms with Crippen LogP contribution in [0, 0.1) is 5.92 Å². The zero-order chi connectivity index (χ0) is 15.2. The summed E-state index contributed by atoms with van der Waals surface area (Å²) in [5.41, 5.74) is 1.07. The maximum absolute atomic E-state index is 12.3. The second kappa shape index (κ2) is 7.40. The summed E-state index contributed by atoms with van der Waals surface area (Å²) in [5, 5.41) is 3.08. The molecule has 5 nitrogen and oxygen atoms in total. The van der Waals surface area contributed by atoms with Crippen molar-refractivity contribution < 1.29 is 9.53 Å². The molecule has 0 bridgehead atoms. The summed E-state index contributed by atoms with van der Waals surface area (Å²) in [5.74, 6) is 1.24. The molecular weight excluding hydrogens is 278 g/mol. The summed E-state index contributed by atoms with van der Waals surface area (Å²) in [6, 6.07) is 3.97. The van der Waals surface area contributed by atoms with E-state index in [0.717, 1.165) is 56.9 Å². The summed E-state index contributed by atoms with van der Waals surface area (Å²) >= 11 is 0. The second-order valence-corrected chi connectivity index (χ2v) is 5.78. The van der Waals surface area contributed by atoms with E-state index in [1.54, 1.807) is 0 Å². The Balaban J connectivity index is 1.62. The Morgan fingerprint density at radius 1 is 1.36 bits per heavy atom. The average Bonchev–Trinajstić information content (AvgIpc) is 2.61. The van der Waals surface area contributed by atoms with Crippen LogP contribution in [-0.2, 0) is 16.1 Å². The van der Waals surface area contributed by atoms with E-state index in [1.807, 2.05) is 18.3 Å². The molecule has 1 atom stereocenters. The van der Waals surface area contributed by atoms with E-state index in [0.29, 0.717) is 6.54 Å². The molecular formula is C17H23N3O2. The molecule has 22 heavy (non-hydrogen) atoms. The molecule has 0 aromatic carbocycles. The second-order valence-electron chi connectivity index (χ2n) is 5.78. The third-order valence-corrected chi connectivity index (χ3v) is 4.27. The van der Waals surface area contributed by atoms with E-state index in [4.69, 9.17) is 4.74 Å². The summed E-state index contributed by atoms with van der Waals surface area (Å²) in [6.45, 7) is 3.71. The number of carbonyl (C=O) groups is 1. The number of carbonyl (C=O) groups excluding carboxylic acids is 1. The maximum atomic E-state index is 12.3. The predicted molar refractivity (Wildman–Crippen MR) is 85.6 cm³/mol. The minimum Gasteiger partial charge on any atom is -0.378 e. The largest absolute Gasteiger partial charge is 0.378 e. The van der Waals surface area contributed by atoms with Gasteiger partial charge in [-0.15, -0.1) is 0 Å². The normalized spacial score (nSPS) is 21.6. The van der Waals surface area contributed by atoms with E-state index >= 15 is 0 Å². The molecule has 0 spiro atoms. The minimum absolute atomic E-state index is 0.119. The number of pyridine rings is 1. The molecule has 2 aliphatic rings. The zero-order valence-electron chi connectivity index (χ0n) is 12.8. The number of morpholine rings is 1. The topological polar surface area (TPSA) is 54.5 Å². The lowest BCUT2D eigenvalue weighted by Gasteiger charge is -2.29. The van der Waals surface area contributed by atoms with Crippen molar-refractivity contribution in [1.29, 1.82) is 0 Å². The lowest BCUT2D eigenvalue weighted by Crippen LogP contribution is -2.38. The van der Waals surface area contributed by atoms with Gasteiger partial charge in [-0.3, -0.25) is 4.79 Å². The lowest BCUT2D eigenvalue weighted by atomic mass is 9.93. The standard InChI is InChI=1S/C17H23N3O2/c21-17(14-5-2-1-3-6-14)19-13-15-7-4-8-18-16(15)20-9-11-22-12-10-20/h1-2,4,7-8,14H,3,5-6,9-13H2,(H,19,21).